The lowest BCUT2D eigenvalue weighted by molar-refractivity contribution is 0.500. The van der Waals surface area contributed by atoms with E-state index in [1.54, 1.807) is 24.4 Å². The number of nitrogens with one attached hydrogen (secondary N) is 1. The van der Waals surface area contributed by atoms with Crippen molar-refractivity contribution in [2.75, 3.05) is 7.05 Å². The number of hydrogen-bond donors (Lipinski definition) is 1. The summed E-state index contributed by atoms with van der Waals surface area (Å²) in [4.78, 5) is 0. The molecule has 0 fully saturated rings. The quantitative estimate of drug-likeness (QED) is 0.874. The van der Waals surface area contributed by atoms with E-state index in [9.17, 15) is 4.39 Å². The third kappa shape index (κ3) is 3.05. The van der Waals surface area contributed by atoms with E-state index < -0.39 is 0 Å². The highest BCUT2D eigenvalue weighted by Gasteiger charge is 2.20. The smallest absolute Gasteiger partial charge is 0.145 e. The van der Waals surface area contributed by atoms with Gasteiger partial charge >= 0.3 is 0 Å². The summed E-state index contributed by atoms with van der Waals surface area (Å²) in [5.41, 5.74) is 1.60. The topological polar surface area (TPSA) is 29.9 Å². The second-order valence-electron chi connectivity index (χ2n) is 4.45. The number of aromatic nitrogens is 2. The van der Waals surface area contributed by atoms with Crippen molar-refractivity contribution >= 4 is 27.5 Å². The van der Waals surface area contributed by atoms with Gasteiger partial charge in [0, 0.05) is 6.54 Å². The maximum Gasteiger partial charge on any atom is 0.145 e. The Hall–Kier alpha value is -0.910. The molecule has 0 aliphatic rings. The highest BCUT2D eigenvalue weighted by molar-refractivity contribution is 9.10. The van der Waals surface area contributed by atoms with Crippen molar-refractivity contribution in [3.8, 4) is 0 Å². The van der Waals surface area contributed by atoms with Crippen molar-refractivity contribution in [2.24, 2.45) is 0 Å². The molecule has 0 radical (unpaired) electrons. The lowest BCUT2D eigenvalue weighted by Gasteiger charge is -2.19. The van der Waals surface area contributed by atoms with Crippen LogP contribution in [-0.2, 0) is 13.0 Å². The first-order chi connectivity index (χ1) is 9.58. The minimum atomic E-state index is -0.354. The average Bonchev–Trinajstić information content (AvgIpc) is 2.82. The monoisotopic (exact) mass is 359 g/mol. The van der Waals surface area contributed by atoms with E-state index >= 15 is 0 Å². The van der Waals surface area contributed by atoms with Crippen LogP contribution in [0.5, 0.6) is 0 Å². The number of benzene rings is 1. The fourth-order valence-corrected chi connectivity index (χ4v) is 3.00. The van der Waals surface area contributed by atoms with Gasteiger partial charge < -0.3 is 5.32 Å². The SMILES string of the molecule is CCn1ncc(Br)c1C(Cc1cccc(Cl)c1F)NC. The number of likely N-dealkylation sites (N-methyl/N-ethyl adjacent to an activating group) is 1. The van der Waals surface area contributed by atoms with Crippen molar-refractivity contribution in [1.82, 2.24) is 15.1 Å². The molecule has 0 saturated heterocycles. The van der Waals surface area contributed by atoms with Crippen molar-refractivity contribution < 1.29 is 4.39 Å². The number of nitrogens with zero attached hydrogens (tertiary/aromatic N) is 2. The molecule has 108 valence electrons. The second-order valence-corrected chi connectivity index (χ2v) is 5.71. The van der Waals surface area contributed by atoms with Gasteiger partial charge in [-0.15, -0.1) is 0 Å². The third-order valence-electron chi connectivity index (χ3n) is 3.27. The van der Waals surface area contributed by atoms with Gasteiger partial charge in [-0.1, -0.05) is 23.7 Å². The molecular formula is C14H16BrClFN3. The molecule has 1 aromatic carbocycles. The normalized spacial score (nSPS) is 12.7. The summed E-state index contributed by atoms with van der Waals surface area (Å²) in [5.74, 6) is -0.354. The molecule has 6 heteroatoms. The number of halogens is 3. The van der Waals surface area contributed by atoms with E-state index in [-0.39, 0.29) is 16.9 Å². The summed E-state index contributed by atoms with van der Waals surface area (Å²) in [6.07, 6.45) is 2.27. The van der Waals surface area contributed by atoms with Gasteiger partial charge in [0.1, 0.15) is 5.82 Å². The van der Waals surface area contributed by atoms with Crippen molar-refractivity contribution in [3.05, 3.63) is 51.0 Å². The molecule has 1 atom stereocenters. The van der Waals surface area contributed by atoms with Crippen molar-refractivity contribution in [3.63, 3.8) is 0 Å². The Morgan fingerprint density at radius 3 is 2.90 bits per heavy atom. The Kier molecular flexibility index (Phi) is 5.18. The summed E-state index contributed by atoms with van der Waals surface area (Å²) < 4.78 is 16.8. The fourth-order valence-electron chi connectivity index (χ4n) is 2.23. The summed E-state index contributed by atoms with van der Waals surface area (Å²) in [6.45, 7) is 2.78. The standard InChI is InChI=1S/C14H16BrClFN3/c1-3-20-14(10(15)8-19-20)12(18-2)7-9-5-4-6-11(16)13(9)17/h4-6,8,12,18H,3,7H2,1-2H3. The minimum absolute atomic E-state index is 0.0419. The van der Waals surface area contributed by atoms with Crippen LogP contribution in [0.4, 0.5) is 4.39 Å². The molecule has 0 amide bonds. The summed E-state index contributed by atoms with van der Waals surface area (Å²) >= 11 is 9.34. The number of aryl methyl sites for hydroxylation is 1. The van der Waals surface area contributed by atoms with Gasteiger partial charge in [0.25, 0.3) is 0 Å². The van der Waals surface area contributed by atoms with E-state index in [4.69, 9.17) is 11.6 Å². The lowest BCUT2D eigenvalue weighted by Crippen LogP contribution is -2.23. The van der Waals surface area contributed by atoms with Crippen LogP contribution in [-0.4, -0.2) is 16.8 Å². The van der Waals surface area contributed by atoms with Gasteiger partial charge in [-0.05, 0) is 48.0 Å². The Morgan fingerprint density at radius 2 is 2.25 bits per heavy atom. The maximum absolute atomic E-state index is 14.0. The van der Waals surface area contributed by atoms with E-state index in [2.05, 4.69) is 26.3 Å². The largest absolute Gasteiger partial charge is 0.311 e. The summed E-state index contributed by atoms with van der Waals surface area (Å²) in [7, 11) is 1.85. The van der Waals surface area contributed by atoms with Crippen LogP contribution in [0.1, 0.15) is 24.2 Å². The molecule has 1 heterocycles. The number of rotatable bonds is 5. The van der Waals surface area contributed by atoms with Crippen molar-refractivity contribution in [1.29, 1.82) is 0 Å². The van der Waals surface area contributed by atoms with Crippen LogP contribution in [0.15, 0.2) is 28.9 Å². The zero-order valence-corrected chi connectivity index (χ0v) is 13.7. The summed E-state index contributed by atoms with van der Waals surface area (Å²) in [6, 6.07) is 5.03. The molecule has 2 aromatic rings. The van der Waals surface area contributed by atoms with Gasteiger partial charge in [-0.25, -0.2) is 4.39 Å². The Bertz CT molecular complexity index is 600. The molecule has 2 rings (SSSR count). The zero-order chi connectivity index (χ0) is 14.7. The predicted molar refractivity (Wildman–Crippen MR) is 82.5 cm³/mol. The first-order valence-electron chi connectivity index (χ1n) is 6.39. The second kappa shape index (κ2) is 6.70. The third-order valence-corrected chi connectivity index (χ3v) is 4.17. The van der Waals surface area contributed by atoms with Crippen LogP contribution in [0.2, 0.25) is 5.02 Å². The highest BCUT2D eigenvalue weighted by Crippen LogP contribution is 2.28. The van der Waals surface area contributed by atoms with Crippen LogP contribution >= 0.6 is 27.5 Å². The Labute approximate surface area is 131 Å². The fraction of sp³-hybridized carbons (Fsp3) is 0.357. The van der Waals surface area contributed by atoms with E-state index in [0.717, 1.165) is 16.7 Å². The van der Waals surface area contributed by atoms with Crippen molar-refractivity contribution in [2.45, 2.75) is 25.9 Å². The van der Waals surface area contributed by atoms with E-state index in [0.29, 0.717) is 12.0 Å². The van der Waals surface area contributed by atoms with Gasteiger partial charge in [-0.2, -0.15) is 5.10 Å². The minimum Gasteiger partial charge on any atom is -0.311 e. The molecule has 0 saturated carbocycles. The first kappa shape index (κ1) is 15.5. The molecule has 1 aromatic heterocycles. The van der Waals surface area contributed by atoms with Gasteiger partial charge in [0.15, 0.2) is 0 Å². The van der Waals surface area contributed by atoms with E-state index in [1.165, 1.54) is 0 Å². The molecule has 20 heavy (non-hydrogen) atoms. The van der Waals surface area contributed by atoms with Gasteiger partial charge in [-0.3, -0.25) is 4.68 Å². The molecule has 0 bridgehead atoms. The van der Waals surface area contributed by atoms with Gasteiger partial charge in [0.05, 0.1) is 27.4 Å². The Balaban J connectivity index is 2.34. The molecular weight excluding hydrogens is 345 g/mol. The maximum atomic E-state index is 14.0. The summed E-state index contributed by atoms with van der Waals surface area (Å²) in [5, 5.41) is 7.66. The Morgan fingerprint density at radius 1 is 1.50 bits per heavy atom. The number of hydrogen-bond acceptors (Lipinski definition) is 2. The molecule has 0 aliphatic heterocycles. The highest BCUT2D eigenvalue weighted by atomic mass is 79.9. The van der Waals surface area contributed by atoms with E-state index in [1.807, 2.05) is 18.7 Å². The predicted octanol–water partition coefficient (Wildman–Crippen LogP) is 3.96. The van der Waals surface area contributed by atoms with Crippen LogP contribution in [0, 0.1) is 5.82 Å². The first-order valence-corrected chi connectivity index (χ1v) is 7.56. The molecule has 0 aliphatic carbocycles. The van der Waals surface area contributed by atoms with Crippen LogP contribution in [0.25, 0.3) is 0 Å². The molecule has 1 N–H and O–H groups in total. The van der Waals surface area contributed by atoms with Gasteiger partial charge in [0.2, 0.25) is 0 Å². The zero-order valence-electron chi connectivity index (χ0n) is 11.3. The average molecular weight is 361 g/mol. The molecule has 3 nitrogen and oxygen atoms in total. The van der Waals surface area contributed by atoms with Crippen LogP contribution in [0.3, 0.4) is 0 Å². The van der Waals surface area contributed by atoms with Crippen LogP contribution < -0.4 is 5.32 Å². The lowest BCUT2D eigenvalue weighted by atomic mass is 10.0. The molecule has 1 unspecified atom stereocenters. The molecule has 0 spiro atoms.